The highest BCUT2D eigenvalue weighted by molar-refractivity contribution is 6.58. The maximum Gasteiger partial charge on any atom is 0.641 e. The van der Waals surface area contributed by atoms with E-state index in [2.05, 4.69) is 38.9 Å². The van der Waals surface area contributed by atoms with Crippen LogP contribution in [0.25, 0.3) is 5.57 Å². The van der Waals surface area contributed by atoms with Crippen molar-refractivity contribution in [3.8, 4) is 5.88 Å². The quantitative estimate of drug-likeness (QED) is 0.144. The molecule has 11 heteroatoms. The van der Waals surface area contributed by atoms with E-state index in [0.717, 1.165) is 49.4 Å². The summed E-state index contributed by atoms with van der Waals surface area (Å²) in [5, 5.41) is 0. The molecule has 0 radical (unpaired) electrons. The summed E-state index contributed by atoms with van der Waals surface area (Å²) in [6, 6.07) is 25.0. The first kappa shape index (κ1) is 33.1. The molecule has 0 spiro atoms. The van der Waals surface area contributed by atoms with Crippen molar-refractivity contribution in [2.24, 2.45) is 0 Å². The summed E-state index contributed by atoms with van der Waals surface area (Å²) in [6.07, 6.45) is 8.97. The number of benzene rings is 1. The molecule has 1 aromatic carbocycles. The van der Waals surface area contributed by atoms with Gasteiger partial charge in [-0.1, -0.05) is 35.9 Å². The van der Waals surface area contributed by atoms with Gasteiger partial charge in [0.1, 0.15) is 6.54 Å². The van der Waals surface area contributed by atoms with Gasteiger partial charge in [0.05, 0.1) is 36.4 Å². The number of ether oxygens (including phenoxy) is 1. The maximum atomic E-state index is 17.2. The second kappa shape index (κ2) is 13.8. The van der Waals surface area contributed by atoms with Gasteiger partial charge in [0, 0.05) is 55.6 Å². The number of aryl methyl sites for hydroxylation is 3. The molecule has 7 rings (SSSR count). The van der Waals surface area contributed by atoms with Crippen LogP contribution in [0.15, 0.2) is 115 Å². The van der Waals surface area contributed by atoms with Crippen molar-refractivity contribution in [2.75, 3.05) is 20.2 Å². The van der Waals surface area contributed by atoms with Crippen LogP contribution in [0.2, 0.25) is 0 Å². The summed E-state index contributed by atoms with van der Waals surface area (Å²) in [5.41, 5.74) is 8.42. The summed E-state index contributed by atoms with van der Waals surface area (Å²) in [6.45, 7) is 4.29. The zero-order chi connectivity index (χ0) is 34.8. The van der Waals surface area contributed by atoms with Crippen molar-refractivity contribution in [3.63, 3.8) is 0 Å². The lowest BCUT2D eigenvalue weighted by molar-refractivity contribution is -0.368. The molecule has 0 N–H and O–H groups in total. The molecule has 2 aliphatic rings. The van der Waals surface area contributed by atoms with E-state index >= 15 is 8.63 Å². The molecule has 50 heavy (non-hydrogen) atoms. The van der Waals surface area contributed by atoms with Gasteiger partial charge in [0.25, 0.3) is 0 Å². The van der Waals surface area contributed by atoms with Crippen LogP contribution >= 0.6 is 0 Å². The molecule has 2 aliphatic heterocycles. The SMILES string of the molecule is COc1ccc2n1[B-](F)(F)[N+]1=C(N(CCN(Cc3ccccn3)Cc3ccccn3)Cc3ccccn3)C=CC1=C2c1c(C)cc(C)cc1C. The van der Waals surface area contributed by atoms with Crippen LogP contribution in [-0.4, -0.2) is 66.7 Å². The molecule has 0 amide bonds. The number of halogens is 2. The first-order valence-electron chi connectivity index (χ1n) is 16.9. The molecule has 5 aromatic rings. The second-order valence-electron chi connectivity index (χ2n) is 12.9. The summed E-state index contributed by atoms with van der Waals surface area (Å²) < 4.78 is 42.3. The summed E-state index contributed by atoms with van der Waals surface area (Å²) >= 11 is 0. The summed E-state index contributed by atoms with van der Waals surface area (Å²) in [5.74, 6) is 0.524. The molecule has 0 unspecified atom stereocenters. The van der Waals surface area contributed by atoms with Crippen molar-refractivity contribution in [3.05, 3.63) is 160 Å². The largest absolute Gasteiger partial charge is 0.641 e. The monoisotopic (exact) mass is 671 g/mol. The molecule has 0 aliphatic carbocycles. The van der Waals surface area contributed by atoms with Gasteiger partial charge in [-0.2, -0.15) is 0 Å². The van der Waals surface area contributed by atoms with Crippen molar-refractivity contribution in [1.29, 1.82) is 0 Å². The third kappa shape index (κ3) is 6.36. The molecule has 0 fully saturated rings. The van der Waals surface area contributed by atoms with E-state index in [0.29, 0.717) is 50.0 Å². The van der Waals surface area contributed by atoms with E-state index in [1.807, 2.05) is 85.5 Å². The molecule has 6 heterocycles. The number of nitrogens with zero attached hydrogens (tertiary/aromatic N) is 7. The van der Waals surface area contributed by atoms with Crippen LogP contribution in [-0.2, 0) is 19.6 Å². The lowest BCUT2D eigenvalue weighted by Gasteiger charge is -2.38. The number of fused-ring (bicyclic) bond motifs is 2. The first-order valence-corrected chi connectivity index (χ1v) is 16.9. The Labute approximate surface area is 291 Å². The Bertz CT molecular complexity index is 2030. The minimum absolute atomic E-state index is 0.114. The van der Waals surface area contributed by atoms with Gasteiger partial charge in [-0.3, -0.25) is 24.8 Å². The molecule has 4 aromatic heterocycles. The Morgan fingerprint density at radius 3 is 1.86 bits per heavy atom. The molecule has 8 nitrogen and oxygen atoms in total. The number of hydrogen-bond donors (Lipinski definition) is 0. The minimum atomic E-state index is -4.35. The fraction of sp³-hybridized carbons (Fsp3) is 0.231. The van der Waals surface area contributed by atoms with E-state index < -0.39 is 6.97 Å². The molecule has 0 saturated heterocycles. The summed E-state index contributed by atoms with van der Waals surface area (Å²) in [7, 11) is 1.44. The van der Waals surface area contributed by atoms with Crippen LogP contribution in [0.3, 0.4) is 0 Å². The third-order valence-electron chi connectivity index (χ3n) is 9.36. The molecule has 0 saturated carbocycles. The summed E-state index contributed by atoms with van der Waals surface area (Å²) in [4.78, 5) is 18.0. The van der Waals surface area contributed by atoms with Crippen molar-refractivity contribution in [1.82, 2.24) is 29.2 Å². The maximum absolute atomic E-state index is 17.2. The van der Waals surface area contributed by atoms with Crippen LogP contribution < -0.4 is 4.74 Å². The highest BCUT2D eigenvalue weighted by Crippen LogP contribution is 2.44. The van der Waals surface area contributed by atoms with E-state index in [4.69, 9.17) is 4.74 Å². The fourth-order valence-corrected chi connectivity index (χ4v) is 7.30. The predicted octanol–water partition coefficient (Wildman–Crippen LogP) is 6.79. The Hall–Kier alpha value is -5.42. The van der Waals surface area contributed by atoms with Gasteiger partial charge in [-0.05, 0) is 92.1 Å². The zero-order valence-electron chi connectivity index (χ0n) is 28.8. The van der Waals surface area contributed by atoms with E-state index in [9.17, 15) is 0 Å². The molecular formula is C39H40BF2N7O. The number of methoxy groups -OCH3 is 1. The van der Waals surface area contributed by atoms with Gasteiger partial charge >= 0.3 is 6.97 Å². The van der Waals surface area contributed by atoms with Gasteiger partial charge < -0.3 is 22.3 Å². The third-order valence-corrected chi connectivity index (χ3v) is 9.36. The Balaban J connectivity index is 1.35. The zero-order valence-corrected chi connectivity index (χ0v) is 28.8. The van der Waals surface area contributed by atoms with E-state index in [1.54, 1.807) is 30.7 Å². The smallest absolute Gasteiger partial charge is 0.485 e. The van der Waals surface area contributed by atoms with Crippen molar-refractivity contribution in [2.45, 2.75) is 40.4 Å². The molecule has 0 atom stereocenters. The lowest BCUT2D eigenvalue weighted by Crippen LogP contribution is -2.54. The minimum Gasteiger partial charge on any atom is -0.485 e. The average molecular weight is 672 g/mol. The van der Waals surface area contributed by atoms with Crippen LogP contribution in [0.1, 0.15) is 45.0 Å². The normalized spacial score (nSPS) is 14.7. The average Bonchev–Trinajstić information content (AvgIpc) is 3.76. The van der Waals surface area contributed by atoms with Gasteiger partial charge in [0.2, 0.25) is 5.84 Å². The first-order chi connectivity index (χ1) is 24.2. The number of aromatic nitrogens is 4. The number of pyridine rings is 3. The standard InChI is InChI=1S/C39H40BF2N7O/c1-28-23-29(2)38(30(3)24-28)39-34-14-16-36(48(34)40(41,42)49-35(39)15-17-37(49)50-4)47(27-33-13-7-10-20-45-33)22-21-46(25-31-11-5-8-18-43-31)26-32-12-6-9-19-44-32/h5-20,23-24H,21-22,25-27H2,1-4H3. The van der Waals surface area contributed by atoms with Crippen molar-refractivity contribution < 1.29 is 17.9 Å². The number of amidine groups is 1. The highest BCUT2D eigenvalue weighted by Gasteiger charge is 2.51. The molecule has 254 valence electrons. The van der Waals surface area contributed by atoms with Crippen LogP contribution in [0, 0.1) is 20.8 Å². The van der Waals surface area contributed by atoms with Crippen LogP contribution in [0.5, 0.6) is 5.88 Å². The second-order valence-corrected chi connectivity index (χ2v) is 12.9. The predicted molar refractivity (Wildman–Crippen MR) is 193 cm³/mol. The fourth-order valence-electron chi connectivity index (χ4n) is 7.30. The topological polar surface area (TPSA) is 62.3 Å². The van der Waals surface area contributed by atoms with E-state index in [1.165, 1.54) is 11.6 Å². The van der Waals surface area contributed by atoms with Gasteiger partial charge in [-0.25, -0.2) is 0 Å². The van der Waals surface area contributed by atoms with Gasteiger partial charge in [-0.15, -0.1) is 0 Å². The lowest BCUT2D eigenvalue weighted by atomic mass is 9.83. The van der Waals surface area contributed by atoms with E-state index in [-0.39, 0.29) is 5.88 Å². The Morgan fingerprint density at radius 1 is 0.740 bits per heavy atom. The van der Waals surface area contributed by atoms with Crippen molar-refractivity contribution >= 4 is 18.4 Å². The number of rotatable bonds is 11. The number of allylic oxidation sites excluding steroid dienone is 1. The molecular weight excluding hydrogens is 631 g/mol. The Morgan fingerprint density at radius 2 is 1.32 bits per heavy atom. The van der Waals surface area contributed by atoms with Gasteiger partial charge in [0.15, 0.2) is 5.88 Å². The molecule has 0 bridgehead atoms. The Kier molecular flexibility index (Phi) is 9.16. The highest BCUT2D eigenvalue weighted by atomic mass is 19.2. The van der Waals surface area contributed by atoms with Crippen LogP contribution in [0.4, 0.5) is 8.63 Å². The number of hydrogen-bond acceptors (Lipinski definition) is 6.